The second kappa shape index (κ2) is 4.85. The van der Waals surface area contributed by atoms with E-state index in [1.807, 2.05) is 0 Å². The number of aromatic nitrogens is 3. The molecule has 0 spiro atoms. The van der Waals surface area contributed by atoms with Gasteiger partial charge in [0, 0.05) is 19.3 Å². The average molecular weight is 262 g/mol. The van der Waals surface area contributed by atoms with Gasteiger partial charge in [-0.15, -0.1) is 0 Å². The van der Waals surface area contributed by atoms with E-state index in [9.17, 15) is 9.59 Å². The van der Waals surface area contributed by atoms with E-state index < -0.39 is 0 Å². The molecule has 19 heavy (non-hydrogen) atoms. The van der Waals surface area contributed by atoms with Gasteiger partial charge in [0.1, 0.15) is 6.54 Å². The Morgan fingerprint density at radius 3 is 2.95 bits per heavy atom. The predicted octanol–water partition coefficient (Wildman–Crippen LogP) is -0.645. The number of rotatable bonds is 2. The number of ether oxygens (including phenoxy) is 1. The van der Waals surface area contributed by atoms with E-state index >= 15 is 0 Å². The summed E-state index contributed by atoms with van der Waals surface area (Å²) in [5.74, 6) is -0.107. The van der Waals surface area contributed by atoms with Gasteiger partial charge in [-0.3, -0.25) is 9.20 Å². The van der Waals surface area contributed by atoms with Crippen molar-refractivity contribution in [1.82, 2.24) is 19.1 Å². The Kier molecular flexibility index (Phi) is 3.04. The third-order valence-corrected chi connectivity index (χ3v) is 3.19. The number of hydrogen-bond acceptors (Lipinski definition) is 4. The Hall–Kier alpha value is -2.15. The number of amides is 1. The van der Waals surface area contributed by atoms with Crippen LogP contribution in [0, 0.1) is 0 Å². The number of carbonyl (C=O) groups excluding carboxylic acids is 1. The largest absolute Gasteiger partial charge is 0.378 e. The van der Waals surface area contributed by atoms with Crippen molar-refractivity contribution >= 4 is 11.4 Å². The summed E-state index contributed by atoms with van der Waals surface area (Å²) in [6.45, 7) is 2.20. The molecule has 3 heterocycles. The van der Waals surface area contributed by atoms with Gasteiger partial charge in [-0.2, -0.15) is 5.10 Å². The monoisotopic (exact) mass is 262 g/mol. The minimum absolute atomic E-state index is 0.0348. The van der Waals surface area contributed by atoms with Crippen LogP contribution < -0.4 is 5.69 Å². The van der Waals surface area contributed by atoms with E-state index in [0.29, 0.717) is 26.3 Å². The van der Waals surface area contributed by atoms with Crippen molar-refractivity contribution in [2.24, 2.45) is 0 Å². The Morgan fingerprint density at radius 1 is 1.37 bits per heavy atom. The van der Waals surface area contributed by atoms with Crippen molar-refractivity contribution < 1.29 is 9.53 Å². The van der Waals surface area contributed by atoms with Gasteiger partial charge >= 0.3 is 5.69 Å². The van der Waals surface area contributed by atoms with Crippen molar-refractivity contribution in [1.29, 1.82) is 0 Å². The van der Waals surface area contributed by atoms with Crippen LogP contribution in [0.15, 0.2) is 29.3 Å². The van der Waals surface area contributed by atoms with E-state index in [0.717, 1.165) is 5.52 Å². The second-order valence-corrected chi connectivity index (χ2v) is 4.38. The highest BCUT2D eigenvalue weighted by Crippen LogP contribution is 2.00. The van der Waals surface area contributed by atoms with Crippen LogP contribution in [0.1, 0.15) is 0 Å². The number of nitrogens with zero attached hydrogens (tertiary/aromatic N) is 4. The first-order chi connectivity index (χ1) is 9.25. The van der Waals surface area contributed by atoms with Crippen molar-refractivity contribution in [3.63, 3.8) is 0 Å². The van der Waals surface area contributed by atoms with E-state index in [1.165, 1.54) is 9.08 Å². The van der Waals surface area contributed by atoms with Gasteiger partial charge in [0.25, 0.3) is 0 Å². The lowest BCUT2D eigenvalue weighted by Crippen LogP contribution is -2.44. The first kappa shape index (κ1) is 11.9. The Labute approximate surface area is 109 Å². The molecular formula is C12H14N4O3. The molecule has 2 aromatic rings. The molecule has 1 aliphatic rings. The first-order valence-electron chi connectivity index (χ1n) is 6.14. The predicted molar refractivity (Wildman–Crippen MR) is 66.9 cm³/mol. The van der Waals surface area contributed by atoms with Crippen molar-refractivity contribution in [3.8, 4) is 0 Å². The SMILES string of the molecule is O=C(Cn1ncc2cccn2c1=O)N1CCOCC1. The maximum Gasteiger partial charge on any atom is 0.349 e. The molecule has 100 valence electrons. The molecule has 0 atom stereocenters. The molecule has 0 N–H and O–H groups in total. The zero-order valence-corrected chi connectivity index (χ0v) is 10.4. The molecule has 1 aliphatic heterocycles. The number of fused-ring (bicyclic) bond motifs is 1. The van der Waals surface area contributed by atoms with Gasteiger partial charge in [-0.25, -0.2) is 9.48 Å². The van der Waals surface area contributed by atoms with Crippen molar-refractivity contribution in [3.05, 3.63) is 35.0 Å². The minimum Gasteiger partial charge on any atom is -0.378 e. The summed E-state index contributed by atoms with van der Waals surface area (Å²) in [4.78, 5) is 25.8. The minimum atomic E-state index is -0.302. The van der Waals surface area contributed by atoms with Gasteiger partial charge in [0.2, 0.25) is 5.91 Å². The summed E-state index contributed by atoms with van der Waals surface area (Å²) in [6.07, 6.45) is 3.24. The highest BCUT2D eigenvalue weighted by atomic mass is 16.5. The summed E-state index contributed by atoms with van der Waals surface area (Å²) in [7, 11) is 0. The fraction of sp³-hybridized carbons (Fsp3) is 0.417. The Morgan fingerprint density at radius 2 is 2.16 bits per heavy atom. The first-order valence-corrected chi connectivity index (χ1v) is 6.14. The molecule has 1 saturated heterocycles. The van der Waals surface area contributed by atoms with Gasteiger partial charge < -0.3 is 9.64 Å². The van der Waals surface area contributed by atoms with E-state index in [-0.39, 0.29) is 18.1 Å². The third-order valence-electron chi connectivity index (χ3n) is 3.19. The summed E-state index contributed by atoms with van der Waals surface area (Å²) >= 11 is 0. The molecule has 0 bridgehead atoms. The van der Waals surface area contributed by atoms with Crippen LogP contribution in [0.3, 0.4) is 0 Å². The molecule has 7 nitrogen and oxygen atoms in total. The summed E-state index contributed by atoms with van der Waals surface area (Å²) < 4.78 is 7.85. The van der Waals surface area contributed by atoms with Crippen molar-refractivity contribution in [2.45, 2.75) is 6.54 Å². The molecule has 0 saturated carbocycles. The number of hydrogen-bond donors (Lipinski definition) is 0. The van der Waals surface area contributed by atoms with Crippen LogP contribution in [0.5, 0.6) is 0 Å². The molecule has 0 aliphatic carbocycles. The summed E-state index contributed by atoms with van der Waals surface area (Å²) in [5, 5.41) is 4.02. The maximum absolute atomic E-state index is 12.1. The Bertz CT molecular complexity index is 654. The van der Waals surface area contributed by atoms with Gasteiger partial charge in [0.15, 0.2) is 0 Å². The lowest BCUT2D eigenvalue weighted by atomic mass is 10.4. The van der Waals surface area contributed by atoms with Crippen LogP contribution in [0.25, 0.3) is 5.52 Å². The van der Waals surface area contributed by atoms with E-state index in [4.69, 9.17) is 4.74 Å². The topological polar surface area (TPSA) is 68.8 Å². The smallest absolute Gasteiger partial charge is 0.349 e. The third kappa shape index (κ3) is 2.24. The quantitative estimate of drug-likeness (QED) is 0.721. The van der Waals surface area contributed by atoms with Gasteiger partial charge in [-0.05, 0) is 12.1 Å². The van der Waals surface area contributed by atoms with Crippen LogP contribution in [-0.4, -0.2) is 51.3 Å². The van der Waals surface area contributed by atoms with Crippen LogP contribution >= 0.6 is 0 Å². The number of carbonyl (C=O) groups is 1. The highest BCUT2D eigenvalue weighted by molar-refractivity contribution is 5.75. The molecular weight excluding hydrogens is 248 g/mol. The molecule has 0 aromatic carbocycles. The maximum atomic E-state index is 12.1. The summed E-state index contributed by atoms with van der Waals surface area (Å²) in [6, 6.07) is 3.56. The molecule has 0 unspecified atom stereocenters. The van der Waals surface area contributed by atoms with Crippen LogP contribution in [0.2, 0.25) is 0 Å². The summed E-state index contributed by atoms with van der Waals surface area (Å²) in [5.41, 5.74) is 0.421. The standard InChI is InChI=1S/C12H14N4O3/c17-11(14-4-6-19-7-5-14)9-16-12(18)15-3-1-2-10(15)8-13-16/h1-3,8H,4-7,9H2. The van der Waals surface area contributed by atoms with E-state index in [1.54, 1.807) is 29.4 Å². The second-order valence-electron chi connectivity index (χ2n) is 4.38. The average Bonchev–Trinajstić information content (AvgIpc) is 2.92. The Balaban J connectivity index is 1.82. The lowest BCUT2D eigenvalue weighted by molar-refractivity contribution is -0.136. The highest BCUT2D eigenvalue weighted by Gasteiger charge is 2.18. The zero-order valence-electron chi connectivity index (χ0n) is 10.4. The molecule has 3 rings (SSSR count). The molecule has 2 aromatic heterocycles. The van der Waals surface area contributed by atoms with E-state index in [2.05, 4.69) is 5.10 Å². The van der Waals surface area contributed by atoms with Crippen molar-refractivity contribution in [2.75, 3.05) is 26.3 Å². The normalized spacial score (nSPS) is 15.9. The van der Waals surface area contributed by atoms with Crippen LogP contribution in [0.4, 0.5) is 0 Å². The molecule has 1 fully saturated rings. The number of morpholine rings is 1. The van der Waals surface area contributed by atoms with Crippen LogP contribution in [-0.2, 0) is 16.1 Å². The molecule has 1 amide bonds. The molecule has 0 radical (unpaired) electrons. The molecule has 7 heteroatoms. The fourth-order valence-corrected chi connectivity index (χ4v) is 2.13. The van der Waals surface area contributed by atoms with Gasteiger partial charge in [-0.1, -0.05) is 0 Å². The zero-order chi connectivity index (χ0) is 13.2. The fourth-order valence-electron chi connectivity index (χ4n) is 2.13. The lowest BCUT2D eigenvalue weighted by Gasteiger charge is -2.26. The van der Waals surface area contributed by atoms with Gasteiger partial charge in [0.05, 0.1) is 24.9 Å².